The molecule has 2 fully saturated rings. The first kappa shape index (κ1) is 24.8. The molecule has 1 amide bonds. The van der Waals surface area contributed by atoms with E-state index in [-0.39, 0.29) is 35.3 Å². The SMILES string of the molecule is C=Cc1c(C(=C)NC2CCN(C)CC2)cc(NC2CC(NC(C)=O)C2)nc1C(=C)C(F)(F)F. The van der Waals surface area contributed by atoms with Crippen LogP contribution in [0, 0.1) is 0 Å². The Morgan fingerprint density at radius 3 is 2.33 bits per heavy atom. The Bertz CT molecular complexity index is 929. The third-order valence-electron chi connectivity index (χ3n) is 6.21. The molecular formula is C24H32F3N5O. The van der Waals surface area contributed by atoms with Crippen LogP contribution in [0.2, 0.25) is 0 Å². The van der Waals surface area contributed by atoms with Gasteiger partial charge >= 0.3 is 6.18 Å². The van der Waals surface area contributed by atoms with Crippen LogP contribution < -0.4 is 16.0 Å². The molecule has 1 saturated heterocycles. The van der Waals surface area contributed by atoms with Crippen molar-refractivity contribution in [3.05, 3.63) is 42.6 Å². The normalized spacial score (nSPS) is 21.6. The van der Waals surface area contributed by atoms with Crippen molar-refractivity contribution in [3.63, 3.8) is 0 Å². The van der Waals surface area contributed by atoms with E-state index >= 15 is 0 Å². The summed E-state index contributed by atoms with van der Waals surface area (Å²) in [5.41, 5.74) is 0.00384. The molecule has 1 aliphatic heterocycles. The summed E-state index contributed by atoms with van der Waals surface area (Å²) >= 11 is 0. The zero-order valence-electron chi connectivity index (χ0n) is 19.2. The molecule has 0 radical (unpaired) electrons. The molecule has 3 rings (SSSR count). The van der Waals surface area contributed by atoms with Gasteiger partial charge in [0.15, 0.2) is 0 Å². The molecule has 9 heteroatoms. The lowest BCUT2D eigenvalue weighted by atomic mass is 9.86. The predicted octanol–water partition coefficient (Wildman–Crippen LogP) is 4.03. The lowest BCUT2D eigenvalue weighted by Crippen LogP contribution is -2.49. The van der Waals surface area contributed by atoms with E-state index in [2.05, 4.69) is 52.6 Å². The van der Waals surface area contributed by atoms with Crippen LogP contribution in [0.5, 0.6) is 0 Å². The van der Waals surface area contributed by atoms with Crippen molar-refractivity contribution in [2.45, 2.75) is 56.9 Å². The van der Waals surface area contributed by atoms with E-state index in [4.69, 9.17) is 0 Å². The summed E-state index contributed by atoms with van der Waals surface area (Å²) in [6.07, 6.45) is -0.0750. The Labute approximate surface area is 193 Å². The van der Waals surface area contributed by atoms with Crippen LogP contribution in [-0.4, -0.2) is 60.2 Å². The summed E-state index contributed by atoms with van der Waals surface area (Å²) in [5.74, 6) is 0.211. The second kappa shape index (κ2) is 9.99. The number of hydrogen-bond donors (Lipinski definition) is 3. The minimum absolute atomic E-state index is 0.00103. The molecule has 6 nitrogen and oxygen atoms in total. The van der Waals surface area contributed by atoms with Crippen LogP contribution in [0.25, 0.3) is 17.3 Å². The highest BCUT2D eigenvalue weighted by Crippen LogP contribution is 2.37. The highest BCUT2D eigenvalue weighted by atomic mass is 19.4. The number of halogens is 3. The number of carbonyl (C=O) groups excluding carboxylic acids is 1. The van der Waals surface area contributed by atoms with E-state index in [9.17, 15) is 18.0 Å². The first-order chi connectivity index (χ1) is 15.5. The summed E-state index contributed by atoms with van der Waals surface area (Å²) in [5, 5.41) is 9.43. The molecule has 33 heavy (non-hydrogen) atoms. The lowest BCUT2D eigenvalue weighted by molar-refractivity contribution is -0.120. The van der Waals surface area contributed by atoms with Crippen LogP contribution in [0.1, 0.15) is 49.4 Å². The standard InChI is InChI=1S/C24H32F3N5O/c1-6-20-21(15(3)28-17-7-9-32(5)10-8-17)13-22(31-23(20)14(2)24(25,26)27)30-19-11-18(12-19)29-16(4)33/h6,13,17-19,28H,1-3,7-12H2,4-5H3,(H,29,33)(H,30,31). The third kappa shape index (κ3) is 6.16. The summed E-state index contributed by atoms with van der Waals surface area (Å²) in [7, 11) is 2.06. The fourth-order valence-corrected chi connectivity index (χ4v) is 4.28. The number of hydrogen-bond acceptors (Lipinski definition) is 5. The molecule has 2 heterocycles. The molecule has 0 spiro atoms. The second-order valence-electron chi connectivity index (χ2n) is 8.91. The fourth-order valence-electron chi connectivity index (χ4n) is 4.28. The van der Waals surface area contributed by atoms with Gasteiger partial charge in [0.2, 0.25) is 5.91 Å². The van der Waals surface area contributed by atoms with Gasteiger partial charge in [0.25, 0.3) is 0 Å². The molecule has 0 bridgehead atoms. The smallest absolute Gasteiger partial charge is 0.382 e. The first-order valence-corrected chi connectivity index (χ1v) is 11.1. The van der Waals surface area contributed by atoms with E-state index < -0.39 is 11.7 Å². The Morgan fingerprint density at radius 1 is 1.15 bits per heavy atom. The molecule has 0 unspecified atom stereocenters. The number of piperidine rings is 1. The number of rotatable bonds is 8. The number of amides is 1. The van der Waals surface area contributed by atoms with Crippen molar-refractivity contribution in [2.75, 3.05) is 25.5 Å². The van der Waals surface area contributed by atoms with Gasteiger partial charge in [-0.05, 0) is 51.9 Å². The molecule has 1 aliphatic carbocycles. The van der Waals surface area contributed by atoms with Crippen LogP contribution in [-0.2, 0) is 4.79 Å². The number of anilines is 1. The van der Waals surface area contributed by atoms with Gasteiger partial charge in [-0.2, -0.15) is 13.2 Å². The highest BCUT2D eigenvalue weighted by molar-refractivity contribution is 5.82. The summed E-state index contributed by atoms with van der Waals surface area (Å²) in [6.45, 7) is 14.5. The van der Waals surface area contributed by atoms with Crippen LogP contribution >= 0.6 is 0 Å². The molecule has 0 atom stereocenters. The largest absolute Gasteiger partial charge is 0.417 e. The van der Waals surface area contributed by atoms with Gasteiger partial charge in [0.05, 0.1) is 11.3 Å². The monoisotopic (exact) mass is 463 g/mol. The number of aromatic nitrogens is 1. The molecule has 1 saturated carbocycles. The topological polar surface area (TPSA) is 69.3 Å². The van der Waals surface area contributed by atoms with E-state index in [0.29, 0.717) is 29.9 Å². The Morgan fingerprint density at radius 2 is 1.79 bits per heavy atom. The van der Waals surface area contributed by atoms with Gasteiger partial charge < -0.3 is 20.9 Å². The summed E-state index contributed by atoms with van der Waals surface area (Å²) in [6, 6.07) is 1.95. The van der Waals surface area contributed by atoms with Crippen LogP contribution in [0.3, 0.4) is 0 Å². The van der Waals surface area contributed by atoms with Gasteiger partial charge in [-0.15, -0.1) is 0 Å². The molecule has 0 aromatic carbocycles. The average Bonchev–Trinajstić information content (AvgIpc) is 2.71. The van der Waals surface area contributed by atoms with E-state index in [1.807, 2.05) is 0 Å². The molecule has 3 N–H and O–H groups in total. The van der Waals surface area contributed by atoms with Gasteiger partial charge in [-0.1, -0.05) is 25.8 Å². The molecule has 180 valence electrons. The van der Waals surface area contributed by atoms with E-state index in [1.54, 1.807) is 6.07 Å². The lowest BCUT2D eigenvalue weighted by Gasteiger charge is -2.36. The molecule has 2 aliphatic rings. The van der Waals surface area contributed by atoms with E-state index in [1.165, 1.54) is 13.0 Å². The van der Waals surface area contributed by atoms with Gasteiger partial charge in [0.1, 0.15) is 5.82 Å². The Balaban J connectivity index is 1.87. The number of nitrogens with zero attached hydrogens (tertiary/aromatic N) is 2. The van der Waals surface area contributed by atoms with Crippen molar-refractivity contribution in [1.82, 2.24) is 20.5 Å². The Hall–Kier alpha value is -2.81. The van der Waals surface area contributed by atoms with Gasteiger partial charge in [-0.25, -0.2) is 4.98 Å². The zero-order chi connectivity index (χ0) is 24.3. The highest BCUT2D eigenvalue weighted by Gasteiger charge is 2.36. The van der Waals surface area contributed by atoms with Gasteiger partial charge in [0, 0.05) is 41.9 Å². The van der Waals surface area contributed by atoms with Gasteiger partial charge in [-0.3, -0.25) is 4.79 Å². The zero-order valence-corrected chi connectivity index (χ0v) is 19.2. The molecule has 1 aromatic rings. The fraction of sp³-hybridized carbons (Fsp3) is 0.500. The number of pyridine rings is 1. The van der Waals surface area contributed by atoms with Crippen molar-refractivity contribution in [3.8, 4) is 0 Å². The minimum Gasteiger partial charge on any atom is -0.382 e. The maximum Gasteiger partial charge on any atom is 0.417 e. The average molecular weight is 464 g/mol. The van der Waals surface area contributed by atoms with Crippen molar-refractivity contribution in [1.29, 1.82) is 0 Å². The summed E-state index contributed by atoms with van der Waals surface area (Å²) in [4.78, 5) is 17.7. The quantitative estimate of drug-likeness (QED) is 0.543. The molecular weight excluding hydrogens is 431 g/mol. The number of likely N-dealkylation sites (tertiary alicyclic amines) is 1. The second-order valence-corrected chi connectivity index (χ2v) is 8.91. The van der Waals surface area contributed by atoms with Crippen molar-refractivity contribution >= 4 is 29.1 Å². The number of allylic oxidation sites excluding steroid dienone is 1. The number of carbonyl (C=O) groups is 1. The number of nitrogens with one attached hydrogen (secondary N) is 3. The van der Waals surface area contributed by atoms with Crippen molar-refractivity contribution < 1.29 is 18.0 Å². The van der Waals surface area contributed by atoms with Crippen LogP contribution in [0.4, 0.5) is 19.0 Å². The van der Waals surface area contributed by atoms with E-state index in [0.717, 1.165) is 25.9 Å². The first-order valence-electron chi connectivity index (χ1n) is 11.1. The number of alkyl halides is 3. The third-order valence-corrected chi connectivity index (χ3v) is 6.21. The Kier molecular flexibility index (Phi) is 7.51. The predicted molar refractivity (Wildman–Crippen MR) is 126 cm³/mol. The maximum atomic E-state index is 13.6. The maximum absolute atomic E-state index is 13.6. The van der Waals surface area contributed by atoms with Crippen LogP contribution in [0.15, 0.2) is 25.8 Å². The minimum atomic E-state index is -4.63. The summed E-state index contributed by atoms with van der Waals surface area (Å²) < 4.78 is 40.7. The van der Waals surface area contributed by atoms with Crippen molar-refractivity contribution in [2.24, 2.45) is 0 Å². The molecule has 1 aromatic heterocycles.